The first-order chi connectivity index (χ1) is 7.65. The highest BCUT2D eigenvalue weighted by Crippen LogP contribution is 2.08. The van der Waals surface area contributed by atoms with E-state index in [1.165, 1.54) is 0 Å². The van der Waals surface area contributed by atoms with Gasteiger partial charge in [-0.15, -0.1) is 0 Å². The lowest BCUT2D eigenvalue weighted by molar-refractivity contribution is 0.508. The molecule has 0 fully saturated rings. The maximum absolute atomic E-state index is 5.35. The van der Waals surface area contributed by atoms with Crippen LogP contribution in [0.3, 0.4) is 0 Å². The summed E-state index contributed by atoms with van der Waals surface area (Å²) in [4.78, 5) is 4.34. The fraction of sp³-hybridized carbons (Fsp3) is 0.455. The van der Waals surface area contributed by atoms with Crippen molar-refractivity contribution in [3.8, 4) is 6.01 Å². The molecular weight excluding hydrogens is 204 g/mol. The molecule has 0 saturated carbocycles. The van der Waals surface area contributed by atoms with Crippen LogP contribution in [0.5, 0.6) is 0 Å². The molecule has 16 heavy (non-hydrogen) atoms. The molecular formula is C11H16N4O. The van der Waals surface area contributed by atoms with Crippen LogP contribution in [0.25, 0.3) is 6.01 Å². The third-order valence-electron chi connectivity index (χ3n) is 2.14. The van der Waals surface area contributed by atoms with E-state index < -0.39 is 0 Å². The van der Waals surface area contributed by atoms with Gasteiger partial charge in [0.1, 0.15) is 6.26 Å². The Morgan fingerprint density at radius 2 is 2.31 bits per heavy atom. The zero-order valence-corrected chi connectivity index (χ0v) is 9.77. The van der Waals surface area contributed by atoms with Gasteiger partial charge in [0.2, 0.25) is 0 Å². The van der Waals surface area contributed by atoms with Crippen molar-refractivity contribution >= 4 is 0 Å². The van der Waals surface area contributed by atoms with Crippen LogP contribution in [-0.4, -0.2) is 20.8 Å². The van der Waals surface area contributed by atoms with E-state index in [2.05, 4.69) is 29.2 Å². The maximum atomic E-state index is 5.35. The van der Waals surface area contributed by atoms with E-state index >= 15 is 0 Å². The number of hydrogen-bond acceptors (Lipinski definition) is 4. The zero-order chi connectivity index (χ0) is 11.5. The molecule has 5 nitrogen and oxygen atoms in total. The molecule has 0 aromatic carbocycles. The van der Waals surface area contributed by atoms with Gasteiger partial charge < -0.3 is 9.73 Å². The Bertz CT molecular complexity index is 458. The number of oxazole rings is 1. The SMILES string of the molecule is Cc1cnn(-c2nc(CNC(C)C)co2)c1. The molecule has 0 saturated heterocycles. The molecule has 0 aliphatic heterocycles. The van der Waals surface area contributed by atoms with Crippen molar-refractivity contribution in [2.24, 2.45) is 0 Å². The van der Waals surface area contributed by atoms with Gasteiger partial charge in [-0.05, 0) is 12.5 Å². The van der Waals surface area contributed by atoms with Crippen LogP contribution in [0.2, 0.25) is 0 Å². The molecule has 0 bridgehead atoms. The van der Waals surface area contributed by atoms with Gasteiger partial charge in [0.25, 0.3) is 0 Å². The van der Waals surface area contributed by atoms with Gasteiger partial charge in [-0.1, -0.05) is 13.8 Å². The second-order valence-corrected chi connectivity index (χ2v) is 4.12. The van der Waals surface area contributed by atoms with E-state index in [0.29, 0.717) is 18.6 Å². The first-order valence-electron chi connectivity index (χ1n) is 5.34. The quantitative estimate of drug-likeness (QED) is 0.851. The standard InChI is InChI=1S/C11H16N4O/c1-8(2)12-5-10-7-16-11(14-10)15-6-9(3)4-13-15/h4,6-8,12H,5H2,1-3H3. The summed E-state index contributed by atoms with van der Waals surface area (Å²) < 4.78 is 6.98. The number of aryl methyl sites for hydroxylation is 1. The number of nitrogens with zero attached hydrogens (tertiary/aromatic N) is 3. The van der Waals surface area contributed by atoms with Gasteiger partial charge >= 0.3 is 6.01 Å². The van der Waals surface area contributed by atoms with Crippen molar-refractivity contribution in [3.63, 3.8) is 0 Å². The molecule has 0 unspecified atom stereocenters. The molecule has 2 rings (SSSR count). The molecule has 2 heterocycles. The highest BCUT2D eigenvalue weighted by Gasteiger charge is 2.06. The lowest BCUT2D eigenvalue weighted by Crippen LogP contribution is -2.21. The molecule has 0 aliphatic rings. The van der Waals surface area contributed by atoms with Crippen LogP contribution in [0, 0.1) is 6.92 Å². The molecule has 0 aliphatic carbocycles. The Balaban J connectivity index is 2.07. The maximum Gasteiger partial charge on any atom is 0.322 e. The van der Waals surface area contributed by atoms with Crippen molar-refractivity contribution in [2.45, 2.75) is 33.4 Å². The summed E-state index contributed by atoms with van der Waals surface area (Å²) in [6.45, 7) is 6.88. The van der Waals surface area contributed by atoms with Gasteiger partial charge in [0.05, 0.1) is 11.9 Å². The van der Waals surface area contributed by atoms with Crippen molar-refractivity contribution in [1.82, 2.24) is 20.1 Å². The molecule has 0 spiro atoms. The molecule has 0 atom stereocenters. The second-order valence-electron chi connectivity index (χ2n) is 4.12. The average Bonchev–Trinajstić information content (AvgIpc) is 2.83. The fourth-order valence-electron chi connectivity index (χ4n) is 1.31. The zero-order valence-electron chi connectivity index (χ0n) is 9.77. The Morgan fingerprint density at radius 3 is 2.94 bits per heavy atom. The first kappa shape index (κ1) is 10.9. The van der Waals surface area contributed by atoms with Crippen LogP contribution in [-0.2, 0) is 6.54 Å². The van der Waals surface area contributed by atoms with Gasteiger partial charge in [-0.3, -0.25) is 0 Å². The summed E-state index contributed by atoms with van der Waals surface area (Å²) in [6, 6.07) is 0.945. The Kier molecular flexibility index (Phi) is 3.05. The number of nitrogens with one attached hydrogen (secondary N) is 1. The number of hydrogen-bond donors (Lipinski definition) is 1. The summed E-state index contributed by atoms with van der Waals surface area (Å²) in [5.74, 6) is 0. The molecule has 0 amide bonds. The Labute approximate surface area is 94.5 Å². The van der Waals surface area contributed by atoms with Gasteiger partial charge in [-0.25, -0.2) is 0 Å². The summed E-state index contributed by atoms with van der Waals surface area (Å²) in [6.07, 6.45) is 5.31. The monoisotopic (exact) mass is 220 g/mol. The van der Waals surface area contributed by atoms with E-state index in [-0.39, 0.29) is 0 Å². The average molecular weight is 220 g/mol. The topological polar surface area (TPSA) is 55.9 Å². The van der Waals surface area contributed by atoms with Crippen LogP contribution < -0.4 is 5.32 Å². The minimum atomic E-state index is 0.437. The number of aromatic nitrogens is 3. The second kappa shape index (κ2) is 4.49. The molecule has 86 valence electrons. The van der Waals surface area contributed by atoms with Crippen molar-refractivity contribution < 1.29 is 4.42 Å². The normalized spacial score (nSPS) is 11.2. The van der Waals surface area contributed by atoms with Gasteiger partial charge in [0, 0.05) is 18.8 Å². The smallest absolute Gasteiger partial charge is 0.322 e. The van der Waals surface area contributed by atoms with Gasteiger partial charge in [0.15, 0.2) is 0 Å². The van der Waals surface area contributed by atoms with E-state index in [4.69, 9.17) is 4.42 Å². The van der Waals surface area contributed by atoms with Crippen LogP contribution in [0.15, 0.2) is 23.1 Å². The molecule has 0 radical (unpaired) electrons. The van der Waals surface area contributed by atoms with Gasteiger partial charge in [-0.2, -0.15) is 14.8 Å². The summed E-state index contributed by atoms with van der Waals surface area (Å²) >= 11 is 0. The third kappa shape index (κ3) is 2.49. The molecule has 2 aromatic heterocycles. The highest BCUT2D eigenvalue weighted by atomic mass is 16.4. The van der Waals surface area contributed by atoms with Crippen molar-refractivity contribution in [3.05, 3.63) is 29.9 Å². The third-order valence-corrected chi connectivity index (χ3v) is 2.14. The minimum Gasteiger partial charge on any atom is -0.430 e. The first-order valence-corrected chi connectivity index (χ1v) is 5.34. The predicted octanol–water partition coefficient (Wildman–Crippen LogP) is 1.67. The van der Waals surface area contributed by atoms with Crippen molar-refractivity contribution in [1.29, 1.82) is 0 Å². The van der Waals surface area contributed by atoms with E-state index in [1.54, 1.807) is 17.1 Å². The minimum absolute atomic E-state index is 0.437. The van der Waals surface area contributed by atoms with E-state index in [1.807, 2.05) is 13.1 Å². The molecule has 1 N–H and O–H groups in total. The van der Waals surface area contributed by atoms with Crippen LogP contribution in [0.4, 0.5) is 0 Å². The van der Waals surface area contributed by atoms with Crippen LogP contribution >= 0.6 is 0 Å². The molecule has 5 heteroatoms. The van der Waals surface area contributed by atoms with E-state index in [0.717, 1.165) is 11.3 Å². The summed E-state index contributed by atoms with van der Waals surface area (Å²) in [5.41, 5.74) is 1.97. The fourth-order valence-corrected chi connectivity index (χ4v) is 1.31. The lowest BCUT2D eigenvalue weighted by atomic mass is 10.4. The Hall–Kier alpha value is -1.62. The van der Waals surface area contributed by atoms with Crippen LogP contribution in [0.1, 0.15) is 25.1 Å². The van der Waals surface area contributed by atoms with E-state index in [9.17, 15) is 0 Å². The largest absolute Gasteiger partial charge is 0.430 e. The highest BCUT2D eigenvalue weighted by molar-refractivity contribution is 5.12. The number of rotatable bonds is 4. The molecule has 2 aromatic rings. The lowest BCUT2D eigenvalue weighted by Gasteiger charge is -2.03. The summed E-state index contributed by atoms with van der Waals surface area (Å²) in [5, 5.41) is 7.41. The van der Waals surface area contributed by atoms with Crippen molar-refractivity contribution in [2.75, 3.05) is 0 Å². The Morgan fingerprint density at radius 1 is 1.50 bits per heavy atom. The predicted molar refractivity (Wildman–Crippen MR) is 60.3 cm³/mol. The summed E-state index contributed by atoms with van der Waals surface area (Å²) in [7, 11) is 0.